The number of halogens is 2. The third kappa shape index (κ3) is 5.13. The molecule has 3 rings (SSSR count). The largest absolute Gasteiger partial charge is 0.393 e. The Kier molecular flexibility index (Phi) is 7.75. The van der Waals surface area contributed by atoms with Gasteiger partial charge in [0.2, 0.25) is 9.84 Å². The van der Waals surface area contributed by atoms with E-state index in [4.69, 9.17) is 0 Å². The average molecular weight is 497 g/mol. The first-order valence-electron chi connectivity index (χ1n) is 12.7. The molecule has 3 saturated carbocycles. The highest BCUT2D eigenvalue weighted by molar-refractivity contribution is 7.93. The molecule has 0 radical (unpaired) electrons. The molecule has 6 heteroatoms. The van der Waals surface area contributed by atoms with Crippen LogP contribution in [0.3, 0.4) is 0 Å². The molecule has 3 fully saturated rings. The summed E-state index contributed by atoms with van der Waals surface area (Å²) in [6, 6.07) is 0. The Bertz CT molecular complexity index is 984. The van der Waals surface area contributed by atoms with Crippen molar-refractivity contribution in [1.29, 1.82) is 0 Å². The van der Waals surface area contributed by atoms with E-state index in [0.717, 1.165) is 56.1 Å². The number of allylic oxidation sites excluding steroid dienone is 5. The molecule has 0 heterocycles. The van der Waals surface area contributed by atoms with E-state index in [9.17, 15) is 22.3 Å². The van der Waals surface area contributed by atoms with Crippen molar-refractivity contribution in [3.05, 3.63) is 47.6 Å². The molecule has 0 spiro atoms. The molecule has 0 aromatic rings. The first-order chi connectivity index (χ1) is 15.6. The van der Waals surface area contributed by atoms with Crippen LogP contribution in [0.4, 0.5) is 8.78 Å². The second kappa shape index (κ2) is 9.65. The molecule has 0 aliphatic heterocycles. The van der Waals surface area contributed by atoms with Crippen molar-refractivity contribution in [2.75, 3.05) is 0 Å². The fourth-order valence-electron chi connectivity index (χ4n) is 6.43. The molecule has 192 valence electrons. The van der Waals surface area contributed by atoms with Gasteiger partial charge in [0.25, 0.3) is 0 Å². The Hall–Kier alpha value is -1.27. The maximum atomic E-state index is 14.7. The van der Waals surface area contributed by atoms with Crippen LogP contribution in [-0.4, -0.2) is 29.6 Å². The molecular weight excluding hydrogens is 454 g/mol. The molecule has 3 aliphatic carbocycles. The van der Waals surface area contributed by atoms with Gasteiger partial charge in [0.05, 0.1) is 10.9 Å². The predicted octanol–water partition coefficient (Wildman–Crippen LogP) is 7.16. The highest BCUT2D eigenvalue weighted by Crippen LogP contribution is 2.59. The lowest BCUT2D eigenvalue weighted by atomic mass is 9.61. The number of aliphatic hydroxyl groups excluding tert-OH is 1. The summed E-state index contributed by atoms with van der Waals surface area (Å²) in [6.45, 7) is 12.3. The van der Waals surface area contributed by atoms with Crippen molar-refractivity contribution >= 4 is 9.84 Å². The zero-order chi connectivity index (χ0) is 25.5. The van der Waals surface area contributed by atoms with Gasteiger partial charge in [-0.25, -0.2) is 8.42 Å². The highest BCUT2D eigenvalue weighted by atomic mass is 32.2. The fourth-order valence-corrected chi connectivity index (χ4v) is 7.51. The molecule has 3 nitrogen and oxygen atoms in total. The van der Waals surface area contributed by atoms with Gasteiger partial charge in [0.15, 0.2) is 0 Å². The second-order valence-corrected chi connectivity index (χ2v) is 14.7. The van der Waals surface area contributed by atoms with Crippen molar-refractivity contribution in [2.24, 2.45) is 23.2 Å². The van der Waals surface area contributed by atoms with Crippen molar-refractivity contribution in [3.63, 3.8) is 0 Å². The number of alkyl halides is 2. The average Bonchev–Trinajstić information content (AvgIpc) is 3.09. The number of aliphatic hydroxyl groups is 1. The zero-order valence-electron chi connectivity index (χ0n) is 21.4. The smallest absolute Gasteiger partial charge is 0.364 e. The normalized spacial score (nSPS) is 34.7. The van der Waals surface area contributed by atoms with E-state index in [1.54, 1.807) is 0 Å². The number of hydrogen-bond donors (Lipinski definition) is 1. The van der Waals surface area contributed by atoms with Crippen LogP contribution in [0.15, 0.2) is 47.6 Å². The fraction of sp³-hybridized carbons (Fsp3) is 0.714. The van der Waals surface area contributed by atoms with E-state index >= 15 is 0 Å². The van der Waals surface area contributed by atoms with Gasteiger partial charge in [-0.3, -0.25) is 0 Å². The molecule has 3 aliphatic rings. The Labute approximate surface area is 205 Å². The topological polar surface area (TPSA) is 54.4 Å². The molecule has 0 amide bonds. The summed E-state index contributed by atoms with van der Waals surface area (Å²) in [5.41, 5.74) is 3.66. The van der Waals surface area contributed by atoms with E-state index in [2.05, 4.69) is 25.7 Å². The summed E-state index contributed by atoms with van der Waals surface area (Å²) in [5.74, 6) is 0.492. The third-order valence-corrected chi connectivity index (χ3v) is 11.1. The molecular formula is C28H42F2O3S. The molecule has 0 bridgehead atoms. The minimum Gasteiger partial charge on any atom is -0.393 e. The minimum atomic E-state index is -4.63. The van der Waals surface area contributed by atoms with Crippen molar-refractivity contribution in [1.82, 2.24) is 0 Å². The lowest BCUT2D eigenvalue weighted by molar-refractivity contribution is 0.109. The number of hydrogen-bond acceptors (Lipinski definition) is 3. The Morgan fingerprint density at radius 3 is 2.47 bits per heavy atom. The lowest BCUT2D eigenvalue weighted by Crippen LogP contribution is -2.41. The van der Waals surface area contributed by atoms with E-state index in [0.29, 0.717) is 18.4 Å². The van der Waals surface area contributed by atoms with Crippen LogP contribution in [0.25, 0.3) is 0 Å². The summed E-state index contributed by atoms with van der Waals surface area (Å²) in [4.78, 5) is 0. The SMILES string of the molecule is C=C1CCC(O)C/C1=C/C=C1\CCCC2(C)C1CCC2C(C)/C=C/C(F)(F)S(=O)(=O)C(C)(C)C. The van der Waals surface area contributed by atoms with Gasteiger partial charge in [-0.1, -0.05) is 49.8 Å². The number of sulfone groups is 1. The molecule has 5 unspecified atom stereocenters. The Morgan fingerprint density at radius 2 is 1.82 bits per heavy atom. The molecule has 5 atom stereocenters. The third-order valence-electron chi connectivity index (χ3n) is 8.62. The van der Waals surface area contributed by atoms with E-state index in [-0.39, 0.29) is 23.4 Å². The van der Waals surface area contributed by atoms with Gasteiger partial charge in [-0.05, 0) is 107 Å². The summed E-state index contributed by atoms with van der Waals surface area (Å²) in [6.07, 6.45) is 13.5. The first-order valence-corrected chi connectivity index (χ1v) is 14.2. The predicted molar refractivity (Wildman–Crippen MR) is 135 cm³/mol. The molecule has 0 saturated heterocycles. The summed E-state index contributed by atoms with van der Waals surface area (Å²) >= 11 is 0. The maximum Gasteiger partial charge on any atom is 0.364 e. The minimum absolute atomic E-state index is 0.00756. The van der Waals surface area contributed by atoms with Crippen LogP contribution in [0.2, 0.25) is 0 Å². The van der Waals surface area contributed by atoms with Crippen molar-refractivity contribution < 1.29 is 22.3 Å². The van der Waals surface area contributed by atoms with Crippen LogP contribution in [-0.2, 0) is 9.84 Å². The quantitative estimate of drug-likeness (QED) is 0.411. The summed E-state index contributed by atoms with van der Waals surface area (Å²) < 4.78 is 52.5. The van der Waals surface area contributed by atoms with Crippen LogP contribution < -0.4 is 0 Å². The Morgan fingerprint density at radius 1 is 1.15 bits per heavy atom. The van der Waals surface area contributed by atoms with Crippen molar-refractivity contribution in [2.45, 2.75) is 102 Å². The zero-order valence-corrected chi connectivity index (χ0v) is 22.2. The standard InChI is InChI=1S/C28H42F2O3S/c1-19-9-12-23(31)18-22(19)11-10-21-8-7-16-27(6)24(13-14-25(21)27)20(2)15-17-28(29,30)34(32,33)26(3,4)5/h10-11,15,17,20,23-25,31H,1,7-9,12-14,16,18H2,2-6H3/b17-15+,21-10+,22-11-. The van der Waals surface area contributed by atoms with Crippen LogP contribution in [0, 0.1) is 23.2 Å². The summed E-state index contributed by atoms with van der Waals surface area (Å²) in [7, 11) is -4.63. The van der Waals surface area contributed by atoms with Gasteiger partial charge >= 0.3 is 5.25 Å². The van der Waals surface area contributed by atoms with Crippen LogP contribution in [0.5, 0.6) is 0 Å². The first kappa shape index (κ1) is 27.3. The highest BCUT2D eigenvalue weighted by Gasteiger charge is 2.52. The van der Waals surface area contributed by atoms with Crippen molar-refractivity contribution in [3.8, 4) is 0 Å². The van der Waals surface area contributed by atoms with Crippen LogP contribution >= 0.6 is 0 Å². The molecule has 0 aromatic heterocycles. The van der Waals surface area contributed by atoms with E-state index in [1.807, 2.05) is 6.92 Å². The number of rotatable bonds is 5. The van der Waals surface area contributed by atoms with Gasteiger partial charge in [-0.2, -0.15) is 8.78 Å². The second-order valence-electron chi connectivity index (χ2n) is 11.9. The van der Waals surface area contributed by atoms with E-state index < -0.39 is 19.8 Å². The van der Waals surface area contributed by atoms with Crippen LogP contribution in [0.1, 0.15) is 86.0 Å². The van der Waals surface area contributed by atoms with E-state index in [1.165, 1.54) is 32.4 Å². The van der Waals surface area contributed by atoms with Gasteiger partial charge in [0, 0.05) is 0 Å². The monoisotopic (exact) mass is 496 g/mol. The summed E-state index contributed by atoms with van der Waals surface area (Å²) in [5, 5.41) is 6.14. The number of fused-ring (bicyclic) bond motifs is 1. The lowest BCUT2D eigenvalue weighted by Gasteiger charge is -2.44. The van der Waals surface area contributed by atoms with Gasteiger partial charge < -0.3 is 5.11 Å². The Balaban J connectivity index is 1.79. The van der Waals surface area contributed by atoms with Gasteiger partial charge in [0.1, 0.15) is 0 Å². The molecule has 1 N–H and O–H groups in total. The van der Waals surface area contributed by atoms with Gasteiger partial charge in [-0.15, -0.1) is 0 Å². The molecule has 34 heavy (non-hydrogen) atoms. The molecule has 0 aromatic carbocycles. The maximum absolute atomic E-state index is 14.7.